The number of rotatable bonds is 2. The lowest BCUT2D eigenvalue weighted by molar-refractivity contribution is 0.266. The van der Waals surface area contributed by atoms with Gasteiger partial charge in [0.25, 0.3) is 0 Å². The van der Waals surface area contributed by atoms with Crippen LogP contribution >= 0.6 is 0 Å². The van der Waals surface area contributed by atoms with Gasteiger partial charge in [0.2, 0.25) is 0 Å². The summed E-state index contributed by atoms with van der Waals surface area (Å²) >= 11 is 0. The summed E-state index contributed by atoms with van der Waals surface area (Å²) in [5, 5.41) is 0. The van der Waals surface area contributed by atoms with E-state index in [2.05, 4.69) is 35.8 Å². The van der Waals surface area contributed by atoms with E-state index in [0.29, 0.717) is 12.0 Å². The average molecular weight is 234 g/mol. The Morgan fingerprint density at radius 3 is 2.65 bits per heavy atom. The zero-order valence-electron chi connectivity index (χ0n) is 11.1. The molecule has 1 saturated heterocycles. The van der Waals surface area contributed by atoms with Gasteiger partial charge in [0, 0.05) is 25.3 Å². The second kappa shape index (κ2) is 4.53. The summed E-state index contributed by atoms with van der Waals surface area (Å²) < 4.78 is 0. The largest absolute Gasteiger partial charge is 0.396 e. The van der Waals surface area contributed by atoms with E-state index in [1.54, 1.807) is 0 Å². The van der Waals surface area contributed by atoms with E-state index in [-0.39, 0.29) is 0 Å². The normalized spacial score (nSPS) is 24.6. The molecule has 1 aliphatic heterocycles. The van der Waals surface area contributed by atoms with Crippen LogP contribution in [0.5, 0.6) is 0 Å². The molecule has 4 heteroatoms. The van der Waals surface area contributed by atoms with E-state index in [9.17, 15) is 0 Å². The van der Waals surface area contributed by atoms with E-state index in [1.807, 2.05) is 19.2 Å². The highest BCUT2D eigenvalue weighted by Gasteiger charge is 2.32. The molecule has 0 spiro atoms. The molecule has 1 aliphatic rings. The molecule has 94 valence electrons. The van der Waals surface area contributed by atoms with E-state index in [4.69, 9.17) is 5.73 Å². The van der Waals surface area contributed by atoms with Crippen LogP contribution in [0, 0.1) is 12.8 Å². The van der Waals surface area contributed by atoms with Gasteiger partial charge >= 0.3 is 0 Å². The lowest BCUT2D eigenvalue weighted by Gasteiger charge is -2.23. The maximum Gasteiger partial charge on any atom is 0.151 e. The van der Waals surface area contributed by atoms with E-state index >= 15 is 0 Å². The molecular formula is C13H22N4. The summed E-state index contributed by atoms with van der Waals surface area (Å²) in [6, 6.07) is 2.58. The number of nitrogens with zero attached hydrogens (tertiary/aromatic N) is 3. The predicted octanol–water partition coefficient (Wildman–Crippen LogP) is 1.36. The van der Waals surface area contributed by atoms with Gasteiger partial charge in [0.1, 0.15) is 0 Å². The molecule has 0 amide bonds. The number of likely N-dealkylation sites (N-methyl/N-ethyl adjacent to an activating group) is 1. The van der Waals surface area contributed by atoms with Crippen LogP contribution in [0.3, 0.4) is 0 Å². The smallest absolute Gasteiger partial charge is 0.151 e. The SMILES string of the molecule is Cc1cnc(N2CC(C)C(N(C)C)C2)c(N)c1. The molecule has 2 unspecified atom stereocenters. The van der Waals surface area contributed by atoms with Crippen molar-refractivity contribution in [3.05, 3.63) is 17.8 Å². The third-order valence-electron chi connectivity index (χ3n) is 3.57. The molecule has 1 fully saturated rings. The molecule has 1 aromatic heterocycles. The molecule has 2 rings (SSSR count). The summed E-state index contributed by atoms with van der Waals surface area (Å²) in [6.45, 7) is 6.34. The number of nitrogens with two attached hydrogens (primary N) is 1. The first kappa shape index (κ1) is 12.2. The molecule has 17 heavy (non-hydrogen) atoms. The van der Waals surface area contributed by atoms with Crippen LogP contribution in [-0.4, -0.2) is 43.1 Å². The lowest BCUT2D eigenvalue weighted by atomic mass is 10.1. The van der Waals surface area contributed by atoms with Gasteiger partial charge in [0.05, 0.1) is 5.69 Å². The number of pyridine rings is 1. The van der Waals surface area contributed by atoms with E-state index in [1.165, 1.54) is 0 Å². The van der Waals surface area contributed by atoms with Gasteiger partial charge in [-0.25, -0.2) is 4.98 Å². The Morgan fingerprint density at radius 1 is 1.41 bits per heavy atom. The highest BCUT2D eigenvalue weighted by atomic mass is 15.3. The lowest BCUT2D eigenvalue weighted by Crippen LogP contribution is -2.34. The first-order valence-corrected chi connectivity index (χ1v) is 6.12. The highest BCUT2D eigenvalue weighted by Crippen LogP contribution is 2.28. The van der Waals surface area contributed by atoms with E-state index < -0.39 is 0 Å². The van der Waals surface area contributed by atoms with Gasteiger partial charge < -0.3 is 15.5 Å². The molecule has 0 saturated carbocycles. The van der Waals surface area contributed by atoms with Crippen molar-refractivity contribution in [3.63, 3.8) is 0 Å². The first-order chi connectivity index (χ1) is 7.99. The van der Waals surface area contributed by atoms with Crippen molar-refractivity contribution < 1.29 is 0 Å². The molecular weight excluding hydrogens is 212 g/mol. The predicted molar refractivity (Wildman–Crippen MR) is 72.2 cm³/mol. The van der Waals surface area contributed by atoms with Crippen LogP contribution in [-0.2, 0) is 0 Å². The minimum atomic E-state index is 0.581. The topological polar surface area (TPSA) is 45.4 Å². The third kappa shape index (κ3) is 2.36. The van der Waals surface area contributed by atoms with Crippen molar-refractivity contribution in [2.75, 3.05) is 37.8 Å². The molecule has 2 atom stereocenters. The zero-order chi connectivity index (χ0) is 12.6. The summed E-state index contributed by atoms with van der Waals surface area (Å²) in [5.74, 6) is 1.58. The fourth-order valence-electron chi connectivity index (χ4n) is 2.64. The van der Waals surface area contributed by atoms with Crippen molar-refractivity contribution in [1.82, 2.24) is 9.88 Å². The van der Waals surface area contributed by atoms with Crippen LogP contribution in [0.4, 0.5) is 11.5 Å². The second-order valence-corrected chi connectivity index (χ2v) is 5.34. The van der Waals surface area contributed by atoms with Gasteiger partial charge in [0.15, 0.2) is 5.82 Å². The Morgan fingerprint density at radius 2 is 2.12 bits per heavy atom. The van der Waals surface area contributed by atoms with Gasteiger partial charge in [-0.2, -0.15) is 0 Å². The Kier molecular flexibility index (Phi) is 3.24. The Hall–Kier alpha value is -1.29. The quantitative estimate of drug-likeness (QED) is 0.839. The van der Waals surface area contributed by atoms with Crippen LogP contribution in [0.2, 0.25) is 0 Å². The fraction of sp³-hybridized carbons (Fsp3) is 0.615. The van der Waals surface area contributed by atoms with Crippen LogP contribution in [0.25, 0.3) is 0 Å². The highest BCUT2D eigenvalue weighted by molar-refractivity contribution is 5.63. The van der Waals surface area contributed by atoms with Crippen LogP contribution in [0.15, 0.2) is 12.3 Å². The van der Waals surface area contributed by atoms with Crippen molar-refractivity contribution in [2.24, 2.45) is 5.92 Å². The van der Waals surface area contributed by atoms with Gasteiger partial charge in [-0.1, -0.05) is 6.92 Å². The van der Waals surface area contributed by atoms with Crippen molar-refractivity contribution in [1.29, 1.82) is 0 Å². The average Bonchev–Trinajstić information content (AvgIpc) is 2.60. The number of aromatic nitrogens is 1. The fourth-order valence-corrected chi connectivity index (χ4v) is 2.64. The van der Waals surface area contributed by atoms with Crippen molar-refractivity contribution in [3.8, 4) is 0 Å². The van der Waals surface area contributed by atoms with Gasteiger partial charge in [-0.15, -0.1) is 0 Å². The number of nitrogen functional groups attached to an aromatic ring is 1. The molecule has 0 aromatic carbocycles. The molecule has 2 heterocycles. The van der Waals surface area contributed by atoms with Crippen molar-refractivity contribution in [2.45, 2.75) is 19.9 Å². The maximum atomic E-state index is 6.05. The number of aryl methyl sites for hydroxylation is 1. The minimum absolute atomic E-state index is 0.581. The minimum Gasteiger partial charge on any atom is -0.396 e. The molecule has 4 nitrogen and oxygen atoms in total. The van der Waals surface area contributed by atoms with Crippen molar-refractivity contribution >= 4 is 11.5 Å². The molecule has 0 bridgehead atoms. The van der Waals surface area contributed by atoms with Crippen LogP contribution < -0.4 is 10.6 Å². The number of anilines is 2. The standard InChI is InChI=1S/C13H22N4/c1-9-5-11(14)13(15-6-9)17-7-10(2)12(8-17)16(3)4/h5-6,10,12H,7-8,14H2,1-4H3. The number of hydrogen-bond donors (Lipinski definition) is 1. The third-order valence-corrected chi connectivity index (χ3v) is 3.57. The van der Waals surface area contributed by atoms with E-state index in [0.717, 1.165) is 30.2 Å². The molecule has 0 aliphatic carbocycles. The molecule has 1 aromatic rings. The Labute approximate surface area is 103 Å². The molecule has 0 radical (unpaired) electrons. The second-order valence-electron chi connectivity index (χ2n) is 5.34. The van der Waals surface area contributed by atoms with Gasteiger partial charge in [-0.05, 0) is 38.6 Å². The Balaban J connectivity index is 2.19. The zero-order valence-corrected chi connectivity index (χ0v) is 11.1. The monoisotopic (exact) mass is 234 g/mol. The van der Waals surface area contributed by atoms with Gasteiger partial charge in [-0.3, -0.25) is 0 Å². The maximum absolute atomic E-state index is 6.05. The Bertz CT molecular complexity index is 402. The summed E-state index contributed by atoms with van der Waals surface area (Å²) in [5.41, 5.74) is 7.95. The summed E-state index contributed by atoms with van der Waals surface area (Å²) in [7, 11) is 4.27. The first-order valence-electron chi connectivity index (χ1n) is 6.12. The summed E-state index contributed by atoms with van der Waals surface area (Å²) in [6.07, 6.45) is 1.89. The molecule has 2 N–H and O–H groups in total. The summed E-state index contributed by atoms with van der Waals surface area (Å²) in [4.78, 5) is 9.05. The number of hydrogen-bond acceptors (Lipinski definition) is 4. The van der Waals surface area contributed by atoms with Crippen LogP contribution in [0.1, 0.15) is 12.5 Å².